The lowest BCUT2D eigenvalue weighted by molar-refractivity contribution is -0.116. The molecule has 0 aliphatic carbocycles. The number of amides is 2. The Morgan fingerprint density at radius 3 is 2.78 bits per heavy atom. The molecule has 23 heavy (non-hydrogen) atoms. The molecule has 1 aliphatic heterocycles. The topological polar surface area (TPSA) is 61.4 Å². The van der Waals surface area contributed by atoms with Crippen LogP contribution in [0.4, 0.5) is 5.69 Å². The highest BCUT2D eigenvalue weighted by Gasteiger charge is 2.22. The zero-order chi connectivity index (χ0) is 16.8. The summed E-state index contributed by atoms with van der Waals surface area (Å²) in [6.45, 7) is 6.43. The predicted molar refractivity (Wildman–Crippen MR) is 92.7 cm³/mol. The number of likely N-dealkylation sites (tertiary alicyclic amines) is 1. The lowest BCUT2D eigenvalue weighted by atomic mass is 9.99. The Labute approximate surface area is 138 Å². The average molecular weight is 317 g/mol. The van der Waals surface area contributed by atoms with E-state index in [-0.39, 0.29) is 11.8 Å². The van der Waals surface area contributed by atoms with Gasteiger partial charge in [0.1, 0.15) is 0 Å². The number of benzene rings is 1. The molecule has 0 aromatic heterocycles. The lowest BCUT2D eigenvalue weighted by Gasteiger charge is -2.31. The summed E-state index contributed by atoms with van der Waals surface area (Å²) < 4.78 is 0. The minimum atomic E-state index is -0.0219. The van der Waals surface area contributed by atoms with Crippen molar-refractivity contribution in [1.29, 1.82) is 0 Å². The summed E-state index contributed by atoms with van der Waals surface area (Å²) in [5, 5.41) is 5.85. The van der Waals surface area contributed by atoms with E-state index in [1.54, 1.807) is 0 Å². The van der Waals surface area contributed by atoms with Gasteiger partial charge >= 0.3 is 0 Å². The molecule has 1 fully saturated rings. The molecule has 2 rings (SSSR count). The van der Waals surface area contributed by atoms with E-state index in [4.69, 9.17) is 0 Å². The van der Waals surface area contributed by atoms with Crippen LogP contribution in [0.25, 0.3) is 0 Å². The summed E-state index contributed by atoms with van der Waals surface area (Å²) in [6.07, 6.45) is 2.70. The fourth-order valence-electron chi connectivity index (χ4n) is 2.94. The second-order valence-electron chi connectivity index (χ2n) is 6.43. The maximum atomic E-state index is 12.6. The molecule has 2 amide bonds. The molecule has 0 saturated carbocycles. The highest BCUT2D eigenvalue weighted by atomic mass is 16.2. The second kappa shape index (κ2) is 8.11. The number of aryl methyl sites for hydroxylation is 1. The molecule has 1 atom stereocenters. The number of anilines is 1. The zero-order valence-corrected chi connectivity index (χ0v) is 14.3. The van der Waals surface area contributed by atoms with E-state index < -0.39 is 0 Å². The molecule has 1 heterocycles. The van der Waals surface area contributed by atoms with Crippen molar-refractivity contribution in [2.45, 2.75) is 33.1 Å². The fourth-order valence-corrected chi connectivity index (χ4v) is 2.94. The number of carbonyl (C=O) groups excluding carboxylic acids is 2. The fraction of sp³-hybridized carbons (Fsp3) is 0.556. The van der Waals surface area contributed by atoms with Gasteiger partial charge in [0, 0.05) is 37.3 Å². The molecule has 0 bridgehead atoms. The molecule has 5 nitrogen and oxygen atoms in total. The van der Waals surface area contributed by atoms with Crippen LogP contribution in [0.1, 0.15) is 42.1 Å². The normalized spacial score (nSPS) is 17.9. The van der Waals surface area contributed by atoms with Crippen LogP contribution >= 0.6 is 0 Å². The molecule has 5 heteroatoms. The maximum absolute atomic E-state index is 12.6. The maximum Gasteiger partial charge on any atom is 0.253 e. The van der Waals surface area contributed by atoms with Crippen LogP contribution in [0.3, 0.4) is 0 Å². The van der Waals surface area contributed by atoms with E-state index in [9.17, 15) is 9.59 Å². The summed E-state index contributed by atoms with van der Waals surface area (Å²) in [7, 11) is 1.82. The van der Waals surface area contributed by atoms with Crippen LogP contribution in [-0.2, 0) is 4.79 Å². The number of nitrogens with zero attached hydrogens (tertiary/aromatic N) is 1. The van der Waals surface area contributed by atoms with Gasteiger partial charge in [-0.15, -0.1) is 0 Å². The van der Waals surface area contributed by atoms with Crippen LogP contribution in [0.5, 0.6) is 0 Å². The summed E-state index contributed by atoms with van der Waals surface area (Å²) in [4.78, 5) is 26.3. The molecule has 1 aromatic carbocycles. The number of rotatable bonds is 5. The van der Waals surface area contributed by atoms with Crippen molar-refractivity contribution in [3.63, 3.8) is 0 Å². The minimum absolute atomic E-state index is 0.0219. The van der Waals surface area contributed by atoms with Gasteiger partial charge in [-0.3, -0.25) is 9.59 Å². The monoisotopic (exact) mass is 317 g/mol. The highest BCUT2D eigenvalue weighted by Crippen LogP contribution is 2.21. The van der Waals surface area contributed by atoms with Crippen LogP contribution in [0, 0.1) is 12.8 Å². The molecular formula is C18H27N3O2. The van der Waals surface area contributed by atoms with Gasteiger partial charge in [0.25, 0.3) is 5.91 Å². The molecule has 2 N–H and O–H groups in total. The van der Waals surface area contributed by atoms with Gasteiger partial charge < -0.3 is 15.5 Å². The second-order valence-corrected chi connectivity index (χ2v) is 6.43. The SMILES string of the molecule is CNCCC(=O)Nc1ccc(C(=O)N2CCCC(C)C2)cc1C. The third kappa shape index (κ3) is 4.79. The van der Waals surface area contributed by atoms with E-state index in [2.05, 4.69) is 17.6 Å². The molecule has 126 valence electrons. The molecule has 1 saturated heterocycles. The quantitative estimate of drug-likeness (QED) is 0.877. The van der Waals surface area contributed by atoms with Gasteiger partial charge in [-0.1, -0.05) is 6.92 Å². The van der Waals surface area contributed by atoms with Crippen molar-refractivity contribution >= 4 is 17.5 Å². The van der Waals surface area contributed by atoms with Crippen LogP contribution in [0.2, 0.25) is 0 Å². The largest absolute Gasteiger partial charge is 0.338 e. The van der Waals surface area contributed by atoms with Crippen molar-refractivity contribution in [2.75, 3.05) is 32.0 Å². The molecule has 0 spiro atoms. The summed E-state index contributed by atoms with van der Waals surface area (Å²) in [5.74, 6) is 0.638. The van der Waals surface area contributed by atoms with Gasteiger partial charge in [-0.2, -0.15) is 0 Å². The van der Waals surface area contributed by atoms with E-state index in [0.29, 0.717) is 24.4 Å². The number of hydrogen-bond donors (Lipinski definition) is 2. The predicted octanol–water partition coefficient (Wildman–Crippen LogP) is 2.42. The van der Waals surface area contributed by atoms with E-state index in [0.717, 1.165) is 30.8 Å². The first kappa shape index (κ1) is 17.5. The van der Waals surface area contributed by atoms with Crippen molar-refractivity contribution in [3.8, 4) is 0 Å². The summed E-state index contributed by atoms with van der Waals surface area (Å²) >= 11 is 0. The minimum Gasteiger partial charge on any atom is -0.338 e. The highest BCUT2D eigenvalue weighted by molar-refractivity contribution is 5.96. The average Bonchev–Trinajstić information content (AvgIpc) is 2.54. The van der Waals surface area contributed by atoms with Crippen molar-refractivity contribution < 1.29 is 9.59 Å². The third-order valence-corrected chi connectivity index (χ3v) is 4.29. The Morgan fingerprint density at radius 2 is 2.13 bits per heavy atom. The van der Waals surface area contributed by atoms with E-state index in [1.165, 1.54) is 6.42 Å². The van der Waals surface area contributed by atoms with E-state index >= 15 is 0 Å². The van der Waals surface area contributed by atoms with Crippen LogP contribution < -0.4 is 10.6 Å². The number of carbonyl (C=O) groups is 2. The van der Waals surface area contributed by atoms with Gasteiger partial charge in [-0.25, -0.2) is 0 Å². The molecular weight excluding hydrogens is 290 g/mol. The first-order chi connectivity index (χ1) is 11.0. The third-order valence-electron chi connectivity index (χ3n) is 4.29. The van der Waals surface area contributed by atoms with Crippen molar-refractivity contribution in [3.05, 3.63) is 29.3 Å². The first-order valence-corrected chi connectivity index (χ1v) is 8.35. The summed E-state index contributed by atoms with van der Waals surface area (Å²) in [5.41, 5.74) is 2.39. The first-order valence-electron chi connectivity index (χ1n) is 8.35. The molecule has 0 radical (unpaired) electrons. The van der Waals surface area contributed by atoms with Crippen molar-refractivity contribution in [2.24, 2.45) is 5.92 Å². The molecule has 1 aliphatic rings. The van der Waals surface area contributed by atoms with E-state index in [1.807, 2.05) is 37.1 Å². The zero-order valence-electron chi connectivity index (χ0n) is 14.3. The number of piperidine rings is 1. The summed E-state index contributed by atoms with van der Waals surface area (Å²) in [6, 6.07) is 5.50. The Hall–Kier alpha value is -1.88. The van der Waals surface area contributed by atoms with Crippen LogP contribution in [0.15, 0.2) is 18.2 Å². The lowest BCUT2D eigenvalue weighted by Crippen LogP contribution is -2.39. The standard InChI is InChI=1S/C18H27N3O2/c1-13-5-4-10-21(12-13)18(23)15-6-7-16(14(2)11-15)20-17(22)8-9-19-3/h6-7,11,13,19H,4-5,8-10,12H2,1-3H3,(H,20,22). The Bertz CT molecular complexity index is 571. The van der Waals surface area contributed by atoms with Gasteiger partial charge in [0.2, 0.25) is 5.91 Å². The Morgan fingerprint density at radius 1 is 1.35 bits per heavy atom. The van der Waals surface area contributed by atoms with Gasteiger partial charge in [0.05, 0.1) is 0 Å². The van der Waals surface area contributed by atoms with Crippen molar-refractivity contribution in [1.82, 2.24) is 10.2 Å². The number of nitrogens with one attached hydrogen (secondary N) is 2. The van der Waals surface area contributed by atoms with Gasteiger partial charge in [-0.05, 0) is 56.5 Å². The Balaban J connectivity index is 2.03. The number of hydrogen-bond acceptors (Lipinski definition) is 3. The van der Waals surface area contributed by atoms with Crippen LogP contribution in [-0.4, -0.2) is 43.4 Å². The smallest absolute Gasteiger partial charge is 0.253 e. The molecule has 1 unspecified atom stereocenters. The van der Waals surface area contributed by atoms with Gasteiger partial charge in [0.15, 0.2) is 0 Å². The Kier molecular flexibility index (Phi) is 6.16. The molecule has 1 aromatic rings.